The molecule has 2 aliphatic rings. The standard InChI is InChI=1S/C26H31N5O2S/c1-18-3-5-19(6-4-18)9-10-24(32)30-12-11-23-22(15-30)25(28-31(23)13-20-7-8-20)26(33)29(2)14-21-16-34-17-27-21/h3-6,16-17,20H,7-15H2,1-2H3. The van der Waals surface area contributed by atoms with Crippen molar-refractivity contribution in [3.63, 3.8) is 0 Å². The minimum absolute atomic E-state index is 0.104. The summed E-state index contributed by atoms with van der Waals surface area (Å²) in [5.41, 5.74) is 7.59. The van der Waals surface area contributed by atoms with Crippen LogP contribution in [0, 0.1) is 12.8 Å². The maximum atomic E-state index is 13.4. The van der Waals surface area contributed by atoms with Gasteiger partial charge in [0.25, 0.3) is 5.91 Å². The molecule has 0 unspecified atom stereocenters. The Morgan fingerprint density at radius 1 is 1.21 bits per heavy atom. The lowest BCUT2D eigenvalue weighted by molar-refractivity contribution is -0.132. The highest BCUT2D eigenvalue weighted by Crippen LogP contribution is 2.33. The molecule has 1 saturated carbocycles. The Morgan fingerprint density at radius 2 is 2.00 bits per heavy atom. The van der Waals surface area contributed by atoms with Crippen LogP contribution >= 0.6 is 11.3 Å². The summed E-state index contributed by atoms with van der Waals surface area (Å²) in [5.74, 6) is 0.692. The van der Waals surface area contributed by atoms with Crippen LogP contribution in [0.5, 0.6) is 0 Å². The first-order valence-corrected chi connectivity index (χ1v) is 13.0. The van der Waals surface area contributed by atoms with Gasteiger partial charge in [-0.1, -0.05) is 29.8 Å². The summed E-state index contributed by atoms with van der Waals surface area (Å²) < 4.78 is 2.05. The van der Waals surface area contributed by atoms with Crippen molar-refractivity contribution in [2.45, 2.75) is 58.7 Å². The van der Waals surface area contributed by atoms with Crippen molar-refractivity contribution in [3.05, 3.63) is 68.9 Å². The summed E-state index contributed by atoms with van der Waals surface area (Å²) in [7, 11) is 1.79. The second-order valence-corrected chi connectivity index (χ2v) is 10.3. The summed E-state index contributed by atoms with van der Waals surface area (Å²) in [5, 5.41) is 6.75. The first-order valence-electron chi connectivity index (χ1n) is 12.0. The predicted molar refractivity (Wildman–Crippen MR) is 131 cm³/mol. The summed E-state index contributed by atoms with van der Waals surface area (Å²) in [6.45, 7) is 4.52. The van der Waals surface area contributed by atoms with E-state index in [1.165, 1.54) is 35.3 Å². The number of rotatable bonds is 8. The molecule has 1 aliphatic heterocycles. The van der Waals surface area contributed by atoms with Gasteiger partial charge in [0.05, 0.1) is 17.7 Å². The Balaban J connectivity index is 1.32. The van der Waals surface area contributed by atoms with Crippen LogP contribution in [0.4, 0.5) is 0 Å². The molecule has 7 nitrogen and oxygen atoms in total. The number of hydrogen-bond acceptors (Lipinski definition) is 5. The Morgan fingerprint density at radius 3 is 2.71 bits per heavy atom. The third kappa shape index (κ3) is 5.06. The molecule has 0 atom stereocenters. The van der Waals surface area contributed by atoms with Crippen molar-refractivity contribution < 1.29 is 9.59 Å². The Labute approximate surface area is 204 Å². The molecule has 1 aliphatic carbocycles. The van der Waals surface area contributed by atoms with Gasteiger partial charge in [0.15, 0.2) is 5.69 Å². The van der Waals surface area contributed by atoms with Crippen molar-refractivity contribution in [2.75, 3.05) is 13.6 Å². The van der Waals surface area contributed by atoms with E-state index in [0.29, 0.717) is 37.7 Å². The van der Waals surface area contributed by atoms with E-state index in [1.807, 2.05) is 15.0 Å². The average Bonchev–Trinajstić information content (AvgIpc) is 3.38. The van der Waals surface area contributed by atoms with Crippen LogP contribution in [0.15, 0.2) is 35.2 Å². The molecule has 3 heterocycles. The van der Waals surface area contributed by atoms with Gasteiger partial charge in [-0.3, -0.25) is 14.3 Å². The lowest BCUT2D eigenvalue weighted by Crippen LogP contribution is -2.37. The third-order valence-electron chi connectivity index (χ3n) is 6.79. The molecule has 0 spiro atoms. The number of benzene rings is 1. The normalized spacial score (nSPS) is 15.3. The van der Waals surface area contributed by atoms with Gasteiger partial charge in [0, 0.05) is 56.2 Å². The van der Waals surface area contributed by atoms with Crippen LogP contribution in [-0.4, -0.2) is 50.0 Å². The molecule has 178 valence electrons. The minimum atomic E-state index is -0.104. The fourth-order valence-electron chi connectivity index (χ4n) is 4.55. The van der Waals surface area contributed by atoms with Gasteiger partial charge in [-0.15, -0.1) is 11.3 Å². The maximum absolute atomic E-state index is 13.4. The van der Waals surface area contributed by atoms with Crippen LogP contribution < -0.4 is 0 Å². The molecule has 0 N–H and O–H groups in total. The number of carbonyl (C=O) groups excluding carboxylic acids is 2. The van der Waals surface area contributed by atoms with E-state index < -0.39 is 0 Å². The van der Waals surface area contributed by atoms with Crippen LogP contribution in [0.1, 0.15) is 57.8 Å². The lowest BCUT2D eigenvalue weighted by atomic mass is 10.0. The zero-order valence-electron chi connectivity index (χ0n) is 19.9. The maximum Gasteiger partial charge on any atom is 0.274 e. The first-order chi connectivity index (χ1) is 16.5. The monoisotopic (exact) mass is 477 g/mol. The van der Waals surface area contributed by atoms with Crippen LogP contribution in [0.25, 0.3) is 0 Å². The molecule has 2 amide bonds. The quantitative estimate of drug-likeness (QED) is 0.494. The third-order valence-corrected chi connectivity index (χ3v) is 7.43. The molecule has 0 bridgehead atoms. The van der Waals surface area contributed by atoms with Crippen molar-refractivity contribution in [1.29, 1.82) is 0 Å². The van der Waals surface area contributed by atoms with E-state index in [4.69, 9.17) is 5.10 Å². The first kappa shape index (κ1) is 22.8. The molecule has 3 aromatic rings. The Bertz CT molecular complexity index is 1160. The molecule has 1 fully saturated rings. The number of amides is 2. The molecule has 2 aromatic heterocycles. The van der Waals surface area contributed by atoms with Gasteiger partial charge in [-0.05, 0) is 37.7 Å². The van der Waals surface area contributed by atoms with Crippen molar-refractivity contribution >= 4 is 23.2 Å². The number of thiazole rings is 1. The Kier molecular flexibility index (Phi) is 6.50. The smallest absolute Gasteiger partial charge is 0.274 e. The lowest BCUT2D eigenvalue weighted by Gasteiger charge is -2.28. The van der Waals surface area contributed by atoms with Crippen molar-refractivity contribution in [2.24, 2.45) is 5.92 Å². The zero-order valence-corrected chi connectivity index (χ0v) is 20.7. The second-order valence-electron chi connectivity index (χ2n) is 9.59. The fourth-order valence-corrected chi connectivity index (χ4v) is 5.10. The number of aryl methyl sites for hydroxylation is 2. The Hall–Kier alpha value is -3.00. The topological polar surface area (TPSA) is 71.3 Å². The number of carbonyl (C=O) groups is 2. The highest BCUT2D eigenvalue weighted by Gasteiger charge is 2.33. The molecule has 1 aromatic carbocycles. The summed E-state index contributed by atoms with van der Waals surface area (Å²) >= 11 is 1.52. The van der Waals surface area contributed by atoms with E-state index >= 15 is 0 Å². The highest BCUT2D eigenvalue weighted by atomic mass is 32.1. The fraction of sp³-hybridized carbons (Fsp3) is 0.462. The molecule has 0 saturated heterocycles. The summed E-state index contributed by atoms with van der Waals surface area (Å²) in [4.78, 5) is 34.3. The minimum Gasteiger partial charge on any atom is -0.338 e. The van der Waals surface area contributed by atoms with Gasteiger partial charge in [-0.2, -0.15) is 5.10 Å². The van der Waals surface area contributed by atoms with Gasteiger partial charge < -0.3 is 9.80 Å². The highest BCUT2D eigenvalue weighted by molar-refractivity contribution is 7.07. The number of nitrogens with zero attached hydrogens (tertiary/aromatic N) is 5. The molecule has 0 radical (unpaired) electrons. The van der Waals surface area contributed by atoms with Gasteiger partial charge >= 0.3 is 0 Å². The van der Waals surface area contributed by atoms with Crippen LogP contribution in [0.2, 0.25) is 0 Å². The van der Waals surface area contributed by atoms with E-state index in [9.17, 15) is 9.59 Å². The van der Waals surface area contributed by atoms with E-state index in [-0.39, 0.29) is 11.8 Å². The molecule has 5 rings (SSSR count). The second kappa shape index (κ2) is 9.70. The van der Waals surface area contributed by atoms with Crippen LogP contribution in [0.3, 0.4) is 0 Å². The van der Waals surface area contributed by atoms with Crippen molar-refractivity contribution in [1.82, 2.24) is 24.6 Å². The van der Waals surface area contributed by atoms with Gasteiger partial charge in [0.2, 0.25) is 5.91 Å². The van der Waals surface area contributed by atoms with Gasteiger partial charge in [-0.25, -0.2) is 4.98 Å². The van der Waals surface area contributed by atoms with E-state index in [1.54, 1.807) is 17.5 Å². The van der Waals surface area contributed by atoms with Crippen LogP contribution in [-0.2, 0) is 37.3 Å². The molecular weight excluding hydrogens is 446 g/mol. The molecule has 8 heteroatoms. The van der Waals surface area contributed by atoms with Crippen molar-refractivity contribution in [3.8, 4) is 0 Å². The van der Waals surface area contributed by atoms with E-state index in [2.05, 4.69) is 36.2 Å². The average molecular weight is 478 g/mol. The predicted octanol–water partition coefficient (Wildman–Crippen LogP) is 3.85. The summed E-state index contributed by atoms with van der Waals surface area (Å²) in [6.07, 6.45) is 4.40. The number of hydrogen-bond donors (Lipinski definition) is 0. The SMILES string of the molecule is Cc1ccc(CCC(=O)N2CCc3c(c(C(=O)N(C)Cc4cscn4)nn3CC3CC3)C2)cc1. The molecular formula is C26H31N5O2S. The number of aromatic nitrogens is 3. The summed E-state index contributed by atoms with van der Waals surface area (Å²) in [6, 6.07) is 8.35. The largest absolute Gasteiger partial charge is 0.338 e. The molecule has 34 heavy (non-hydrogen) atoms. The zero-order chi connectivity index (χ0) is 23.7. The van der Waals surface area contributed by atoms with E-state index in [0.717, 1.165) is 36.3 Å². The number of fused-ring (bicyclic) bond motifs is 1. The van der Waals surface area contributed by atoms with Gasteiger partial charge in [0.1, 0.15) is 0 Å².